The van der Waals surface area contributed by atoms with Crippen LogP contribution in [0.2, 0.25) is 10.0 Å². The first-order chi connectivity index (χ1) is 18.6. The summed E-state index contributed by atoms with van der Waals surface area (Å²) in [5.74, 6) is -0.127. The first-order valence-corrected chi connectivity index (χ1v) is 16.8. The summed E-state index contributed by atoms with van der Waals surface area (Å²) in [6.45, 7) is 2.11. The molecule has 39 heavy (non-hydrogen) atoms. The lowest BCUT2D eigenvalue weighted by molar-refractivity contribution is -0.126. The number of sulfonamides is 2. The Bertz CT molecular complexity index is 1360. The van der Waals surface area contributed by atoms with Gasteiger partial charge in [-0.05, 0) is 67.6 Å². The Morgan fingerprint density at radius 2 is 1.56 bits per heavy atom. The van der Waals surface area contributed by atoms with Crippen molar-refractivity contribution in [3.63, 3.8) is 0 Å². The molecule has 2 aliphatic rings. The van der Waals surface area contributed by atoms with Gasteiger partial charge in [0.15, 0.2) is 0 Å². The molecule has 2 fully saturated rings. The quantitative estimate of drug-likeness (QED) is 0.405. The summed E-state index contributed by atoms with van der Waals surface area (Å²) in [4.78, 5) is 12.8. The van der Waals surface area contributed by atoms with Crippen molar-refractivity contribution in [1.29, 1.82) is 0 Å². The van der Waals surface area contributed by atoms with Crippen LogP contribution in [0.3, 0.4) is 0 Å². The summed E-state index contributed by atoms with van der Waals surface area (Å²) in [6.07, 6.45) is 3.66. The second-order valence-electron chi connectivity index (χ2n) is 9.74. The summed E-state index contributed by atoms with van der Waals surface area (Å²) in [6, 6.07) is 11.0. The molecule has 2 heterocycles. The molecule has 13 heteroatoms. The molecule has 9 nitrogen and oxygen atoms in total. The van der Waals surface area contributed by atoms with Crippen molar-refractivity contribution >= 4 is 49.2 Å². The van der Waals surface area contributed by atoms with Crippen molar-refractivity contribution in [2.45, 2.75) is 42.8 Å². The van der Waals surface area contributed by atoms with Crippen LogP contribution in [0.15, 0.2) is 47.4 Å². The maximum Gasteiger partial charge on any atom is 0.243 e. The SMILES string of the molecule is O=C(NCCOc1ccc(S(=O)(=O)N2CCCCC2)cc1)C1CCN(S(=O)(=O)Cc2ccc(Cl)cc2Cl)CC1. The minimum atomic E-state index is -3.58. The molecule has 0 spiro atoms. The van der Waals surface area contributed by atoms with E-state index in [-0.39, 0.29) is 48.7 Å². The van der Waals surface area contributed by atoms with Crippen LogP contribution in [0.5, 0.6) is 5.75 Å². The van der Waals surface area contributed by atoms with E-state index in [9.17, 15) is 21.6 Å². The van der Waals surface area contributed by atoms with Crippen molar-refractivity contribution in [1.82, 2.24) is 13.9 Å². The third-order valence-electron chi connectivity index (χ3n) is 7.02. The number of carbonyl (C=O) groups is 1. The van der Waals surface area contributed by atoms with Crippen molar-refractivity contribution in [2.75, 3.05) is 39.3 Å². The van der Waals surface area contributed by atoms with Crippen LogP contribution in [0.4, 0.5) is 0 Å². The molecular formula is C26H33Cl2N3O6S2. The number of piperidine rings is 2. The summed E-state index contributed by atoms with van der Waals surface area (Å²) in [7, 11) is -7.07. The Kier molecular flexibility index (Phi) is 10.2. The predicted molar refractivity (Wildman–Crippen MR) is 151 cm³/mol. The predicted octanol–water partition coefficient (Wildman–Crippen LogP) is 3.91. The number of rotatable bonds is 10. The molecule has 2 aliphatic heterocycles. The van der Waals surface area contributed by atoms with Crippen LogP contribution in [0.25, 0.3) is 0 Å². The van der Waals surface area contributed by atoms with Crippen LogP contribution in [0, 0.1) is 5.92 Å². The van der Waals surface area contributed by atoms with Crippen LogP contribution in [0.1, 0.15) is 37.7 Å². The number of halogens is 2. The van der Waals surface area contributed by atoms with E-state index in [2.05, 4.69) is 5.32 Å². The van der Waals surface area contributed by atoms with Crippen molar-refractivity contribution in [3.8, 4) is 5.75 Å². The molecule has 214 valence electrons. The van der Waals surface area contributed by atoms with Crippen LogP contribution in [-0.2, 0) is 30.6 Å². The number of amides is 1. The number of nitrogens with zero attached hydrogens (tertiary/aromatic N) is 2. The fourth-order valence-electron chi connectivity index (χ4n) is 4.77. The van der Waals surface area contributed by atoms with Gasteiger partial charge in [-0.1, -0.05) is 35.7 Å². The Hall–Kier alpha value is -1.89. The Morgan fingerprint density at radius 1 is 0.897 bits per heavy atom. The molecular weight excluding hydrogens is 585 g/mol. The Balaban J connectivity index is 1.18. The fraction of sp³-hybridized carbons (Fsp3) is 0.500. The third-order valence-corrected chi connectivity index (χ3v) is 11.3. The Labute approximate surface area is 240 Å². The highest BCUT2D eigenvalue weighted by Gasteiger charge is 2.31. The highest BCUT2D eigenvalue weighted by Crippen LogP contribution is 2.27. The van der Waals surface area contributed by atoms with Gasteiger partial charge in [-0.15, -0.1) is 0 Å². The molecule has 0 unspecified atom stereocenters. The largest absolute Gasteiger partial charge is 0.492 e. The third kappa shape index (κ3) is 7.86. The van der Waals surface area contributed by atoms with Gasteiger partial charge in [0.25, 0.3) is 0 Å². The van der Waals surface area contributed by atoms with E-state index in [4.69, 9.17) is 27.9 Å². The van der Waals surface area contributed by atoms with Gasteiger partial charge in [0.1, 0.15) is 12.4 Å². The number of nitrogens with one attached hydrogen (secondary N) is 1. The minimum Gasteiger partial charge on any atom is -0.492 e. The smallest absolute Gasteiger partial charge is 0.243 e. The average Bonchev–Trinajstić information content (AvgIpc) is 2.93. The highest BCUT2D eigenvalue weighted by molar-refractivity contribution is 7.89. The zero-order valence-corrected chi connectivity index (χ0v) is 24.7. The van der Waals surface area contributed by atoms with Gasteiger partial charge in [0.05, 0.1) is 17.2 Å². The zero-order valence-electron chi connectivity index (χ0n) is 21.5. The van der Waals surface area contributed by atoms with Crippen LogP contribution >= 0.6 is 23.2 Å². The molecule has 0 saturated carbocycles. The van der Waals surface area contributed by atoms with Gasteiger partial charge in [-0.25, -0.2) is 21.1 Å². The number of carbonyl (C=O) groups excluding carboxylic acids is 1. The van der Waals surface area contributed by atoms with E-state index < -0.39 is 20.0 Å². The van der Waals surface area contributed by atoms with Crippen molar-refractivity contribution < 1.29 is 26.4 Å². The summed E-state index contributed by atoms with van der Waals surface area (Å²) in [5, 5.41) is 3.59. The second-order valence-corrected chi connectivity index (χ2v) is 14.5. The molecule has 0 bridgehead atoms. The topological polar surface area (TPSA) is 113 Å². The lowest BCUT2D eigenvalue weighted by Gasteiger charge is -2.30. The van der Waals surface area contributed by atoms with E-state index >= 15 is 0 Å². The fourth-order valence-corrected chi connectivity index (χ4v) is 8.44. The molecule has 2 saturated heterocycles. The van der Waals surface area contributed by atoms with Crippen molar-refractivity contribution in [3.05, 3.63) is 58.1 Å². The normalized spacial score (nSPS) is 18.1. The van der Waals surface area contributed by atoms with E-state index in [1.54, 1.807) is 36.4 Å². The molecule has 2 aromatic carbocycles. The summed E-state index contributed by atoms with van der Waals surface area (Å²) >= 11 is 12.0. The van der Waals surface area contributed by atoms with Gasteiger partial charge in [-0.2, -0.15) is 4.31 Å². The van der Waals surface area contributed by atoms with E-state index in [0.29, 0.717) is 47.3 Å². The van der Waals surface area contributed by atoms with Gasteiger partial charge >= 0.3 is 0 Å². The van der Waals surface area contributed by atoms with Gasteiger partial charge in [-0.3, -0.25) is 4.79 Å². The first kappa shape index (κ1) is 30.1. The second kappa shape index (κ2) is 13.2. The Morgan fingerprint density at radius 3 is 2.21 bits per heavy atom. The lowest BCUT2D eigenvalue weighted by Crippen LogP contribution is -2.44. The number of ether oxygens (including phenoxy) is 1. The standard InChI is InChI=1S/C26H33Cl2N3O6S2/c27-22-5-4-21(25(28)18-22)19-38(33,34)30-15-10-20(11-16-30)26(32)29-12-17-37-23-6-8-24(9-7-23)39(35,36)31-13-2-1-3-14-31/h4-9,18,20H,1-3,10-17,19H2,(H,29,32). The lowest BCUT2D eigenvalue weighted by atomic mass is 9.97. The molecule has 4 rings (SSSR count). The molecule has 2 aromatic rings. The summed E-state index contributed by atoms with van der Waals surface area (Å²) in [5.41, 5.74) is 0.485. The zero-order chi connectivity index (χ0) is 28.0. The van der Waals surface area contributed by atoms with E-state index in [1.807, 2.05) is 0 Å². The number of hydrogen-bond donors (Lipinski definition) is 1. The molecule has 1 N–H and O–H groups in total. The van der Waals surface area contributed by atoms with Crippen LogP contribution < -0.4 is 10.1 Å². The van der Waals surface area contributed by atoms with Gasteiger partial charge < -0.3 is 10.1 Å². The maximum absolute atomic E-state index is 12.9. The molecule has 0 aromatic heterocycles. The highest BCUT2D eigenvalue weighted by atomic mass is 35.5. The first-order valence-electron chi connectivity index (χ1n) is 13.0. The number of hydrogen-bond acceptors (Lipinski definition) is 6. The molecule has 1 amide bonds. The van der Waals surface area contributed by atoms with Crippen molar-refractivity contribution in [2.24, 2.45) is 5.92 Å². The summed E-state index contributed by atoms with van der Waals surface area (Å²) < 4.78 is 59.8. The molecule has 0 radical (unpaired) electrons. The molecule has 0 atom stereocenters. The monoisotopic (exact) mass is 617 g/mol. The van der Waals surface area contributed by atoms with E-state index in [1.165, 1.54) is 14.7 Å². The van der Waals surface area contributed by atoms with E-state index in [0.717, 1.165) is 19.3 Å². The number of benzene rings is 2. The van der Waals surface area contributed by atoms with Gasteiger partial charge in [0.2, 0.25) is 26.0 Å². The van der Waals surface area contributed by atoms with Gasteiger partial charge in [0, 0.05) is 42.1 Å². The average molecular weight is 619 g/mol. The molecule has 0 aliphatic carbocycles. The van der Waals surface area contributed by atoms with Crippen LogP contribution in [-0.4, -0.2) is 70.7 Å². The maximum atomic E-state index is 12.9. The minimum absolute atomic E-state index is 0.139.